The van der Waals surface area contributed by atoms with Crippen molar-refractivity contribution in [2.24, 2.45) is 5.41 Å². The number of carboxylic acid groups (broad SMARTS) is 1. The minimum atomic E-state index is -0.990. The van der Waals surface area contributed by atoms with Crippen LogP contribution in [0.2, 0.25) is 0 Å². The zero-order valence-corrected chi connectivity index (χ0v) is 15.7. The quantitative estimate of drug-likeness (QED) is 0.832. The van der Waals surface area contributed by atoms with Gasteiger partial charge in [0.05, 0.1) is 17.1 Å². The second-order valence-corrected chi connectivity index (χ2v) is 8.99. The summed E-state index contributed by atoms with van der Waals surface area (Å²) in [5.41, 5.74) is 0.683. The maximum absolute atomic E-state index is 12.1. The van der Waals surface area contributed by atoms with Crippen molar-refractivity contribution in [3.63, 3.8) is 0 Å². The molecule has 0 saturated heterocycles. The average molecular weight is 340 g/mol. The lowest BCUT2D eigenvalue weighted by Gasteiger charge is -2.21. The Morgan fingerprint density at radius 1 is 1.26 bits per heavy atom. The van der Waals surface area contributed by atoms with Crippen LogP contribution >= 0.6 is 11.3 Å². The Hall–Kier alpha value is -1.43. The Kier molecular flexibility index (Phi) is 6.33. The Balaban J connectivity index is 2.62. The van der Waals surface area contributed by atoms with Crippen molar-refractivity contribution in [3.05, 3.63) is 16.1 Å². The second-order valence-electron chi connectivity index (χ2n) is 8.13. The van der Waals surface area contributed by atoms with Gasteiger partial charge in [0.15, 0.2) is 0 Å². The number of carboxylic acids is 1. The molecule has 5 nitrogen and oxygen atoms in total. The van der Waals surface area contributed by atoms with E-state index in [2.05, 4.69) is 51.8 Å². The summed E-state index contributed by atoms with van der Waals surface area (Å²) in [6, 6.07) is -0.845. The van der Waals surface area contributed by atoms with Crippen molar-refractivity contribution in [1.29, 1.82) is 0 Å². The maximum atomic E-state index is 12.1. The monoisotopic (exact) mass is 340 g/mol. The highest BCUT2D eigenvalue weighted by Gasteiger charge is 2.24. The third-order valence-electron chi connectivity index (χ3n) is 3.35. The van der Waals surface area contributed by atoms with Crippen LogP contribution < -0.4 is 5.32 Å². The molecule has 0 aromatic carbocycles. The molecule has 0 saturated carbocycles. The van der Waals surface area contributed by atoms with E-state index in [9.17, 15) is 14.7 Å². The van der Waals surface area contributed by atoms with Gasteiger partial charge in [-0.05, 0) is 18.3 Å². The number of carbonyl (C=O) groups is 2. The summed E-state index contributed by atoms with van der Waals surface area (Å²) in [5.74, 6) is -1.28. The molecular weight excluding hydrogens is 312 g/mol. The molecule has 1 amide bonds. The summed E-state index contributed by atoms with van der Waals surface area (Å²) in [5, 5.41) is 14.7. The molecule has 23 heavy (non-hydrogen) atoms. The van der Waals surface area contributed by atoms with E-state index in [1.165, 1.54) is 11.3 Å². The lowest BCUT2D eigenvalue weighted by atomic mass is 9.88. The first kappa shape index (κ1) is 19.6. The molecule has 130 valence electrons. The molecular formula is C17H28N2O3S. The van der Waals surface area contributed by atoms with Gasteiger partial charge in [0, 0.05) is 10.8 Å². The summed E-state index contributed by atoms with van der Waals surface area (Å²) in [6.45, 7) is 12.4. The van der Waals surface area contributed by atoms with Gasteiger partial charge in [-0.15, -0.1) is 11.3 Å². The largest absolute Gasteiger partial charge is 0.480 e. The second kappa shape index (κ2) is 7.43. The summed E-state index contributed by atoms with van der Waals surface area (Å²) in [4.78, 5) is 27.9. The van der Waals surface area contributed by atoms with Crippen LogP contribution in [0, 0.1) is 5.41 Å². The van der Waals surface area contributed by atoms with Crippen LogP contribution in [-0.4, -0.2) is 28.0 Å². The third-order valence-corrected chi connectivity index (χ3v) is 4.67. The molecule has 0 bridgehead atoms. The molecule has 6 heteroatoms. The van der Waals surface area contributed by atoms with Crippen LogP contribution in [-0.2, 0) is 21.4 Å². The van der Waals surface area contributed by atoms with E-state index in [0.29, 0.717) is 12.1 Å². The molecule has 1 heterocycles. The minimum absolute atomic E-state index is 0.0367. The normalized spacial score (nSPS) is 13.7. The molecule has 1 rings (SSSR count). The van der Waals surface area contributed by atoms with E-state index in [0.717, 1.165) is 11.4 Å². The van der Waals surface area contributed by atoms with E-state index >= 15 is 0 Å². The molecule has 2 N–H and O–H groups in total. The van der Waals surface area contributed by atoms with E-state index in [4.69, 9.17) is 0 Å². The molecule has 0 radical (unpaired) electrons. The van der Waals surface area contributed by atoms with Crippen LogP contribution in [0.25, 0.3) is 0 Å². The van der Waals surface area contributed by atoms with E-state index in [-0.39, 0.29) is 23.2 Å². The number of rotatable bonds is 6. The molecule has 0 fully saturated rings. The summed E-state index contributed by atoms with van der Waals surface area (Å²) in [6.07, 6.45) is 1.27. The number of nitrogens with one attached hydrogen (secondary N) is 1. The van der Waals surface area contributed by atoms with Crippen LogP contribution in [0.5, 0.6) is 0 Å². The number of hydrogen-bond acceptors (Lipinski definition) is 4. The van der Waals surface area contributed by atoms with Gasteiger partial charge in [0.1, 0.15) is 6.04 Å². The fraction of sp³-hybridized carbons (Fsp3) is 0.706. The van der Waals surface area contributed by atoms with Gasteiger partial charge < -0.3 is 10.4 Å². The van der Waals surface area contributed by atoms with Crippen LogP contribution in [0.1, 0.15) is 65.1 Å². The van der Waals surface area contributed by atoms with Gasteiger partial charge in [0.25, 0.3) is 0 Å². The van der Waals surface area contributed by atoms with Gasteiger partial charge in [-0.25, -0.2) is 9.78 Å². The van der Waals surface area contributed by atoms with Crippen molar-refractivity contribution in [2.45, 2.75) is 72.3 Å². The fourth-order valence-electron chi connectivity index (χ4n) is 1.98. The number of carbonyl (C=O) groups excluding carboxylic acids is 1. The van der Waals surface area contributed by atoms with Crippen molar-refractivity contribution >= 4 is 23.2 Å². The number of aromatic nitrogens is 1. The minimum Gasteiger partial charge on any atom is -0.480 e. The predicted octanol–water partition coefficient (Wildman–Crippen LogP) is 3.38. The SMILES string of the molecule is CC(C)(C)CCC(NC(=O)Cc1csc(C(C)(C)C)n1)C(=O)O. The molecule has 0 aliphatic rings. The van der Waals surface area contributed by atoms with E-state index in [1.807, 2.05) is 5.38 Å². The molecule has 0 aliphatic carbocycles. The molecule has 1 aromatic rings. The number of thiazole rings is 1. The zero-order chi connectivity index (χ0) is 17.8. The number of aliphatic carboxylic acids is 1. The van der Waals surface area contributed by atoms with E-state index in [1.54, 1.807) is 0 Å². The number of hydrogen-bond donors (Lipinski definition) is 2. The van der Waals surface area contributed by atoms with Crippen molar-refractivity contribution in [2.75, 3.05) is 0 Å². The summed E-state index contributed by atoms with van der Waals surface area (Å²) >= 11 is 1.53. The number of nitrogens with zero attached hydrogens (tertiary/aromatic N) is 1. The molecule has 0 spiro atoms. The highest BCUT2D eigenvalue weighted by molar-refractivity contribution is 7.09. The maximum Gasteiger partial charge on any atom is 0.326 e. The first-order valence-electron chi connectivity index (χ1n) is 7.85. The van der Waals surface area contributed by atoms with E-state index < -0.39 is 12.0 Å². The smallest absolute Gasteiger partial charge is 0.326 e. The average Bonchev–Trinajstić information content (AvgIpc) is 2.81. The van der Waals surface area contributed by atoms with Crippen molar-refractivity contribution in [1.82, 2.24) is 10.3 Å². The highest BCUT2D eigenvalue weighted by Crippen LogP contribution is 2.25. The van der Waals surface area contributed by atoms with Crippen molar-refractivity contribution < 1.29 is 14.7 Å². The Morgan fingerprint density at radius 2 is 1.87 bits per heavy atom. The highest BCUT2D eigenvalue weighted by atomic mass is 32.1. The van der Waals surface area contributed by atoms with Gasteiger partial charge in [-0.3, -0.25) is 4.79 Å². The Bertz CT molecular complexity index is 553. The lowest BCUT2D eigenvalue weighted by Crippen LogP contribution is -2.42. The first-order chi connectivity index (χ1) is 10.4. The molecule has 1 atom stereocenters. The third kappa shape index (κ3) is 7.12. The Labute approximate surface area is 142 Å². The Morgan fingerprint density at radius 3 is 2.30 bits per heavy atom. The molecule has 0 aliphatic heterocycles. The topological polar surface area (TPSA) is 79.3 Å². The van der Waals surface area contributed by atoms with Crippen molar-refractivity contribution in [3.8, 4) is 0 Å². The van der Waals surface area contributed by atoms with Crippen LogP contribution in [0.3, 0.4) is 0 Å². The van der Waals surface area contributed by atoms with Gasteiger partial charge in [-0.2, -0.15) is 0 Å². The lowest BCUT2D eigenvalue weighted by molar-refractivity contribution is -0.142. The summed E-state index contributed by atoms with van der Waals surface area (Å²) in [7, 11) is 0. The van der Waals surface area contributed by atoms with Crippen LogP contribution in [0.15, 0.2) is 5.38 Å². The number of amides is 1. The van der Waals surface area contributed by atoms with Gasteiger partial charge >= 0.3 is 5.97 Å². The van der Waals surface area contributed by atoms with Gasteiger partial charge in [0.2, 0.25) is 5.91 Å². The standard InChI is InChI=1S/C17H28N2O3S/c1-16(2,3)8-7-12(14(21)22)19-13(20)9-11-10-23-15(18-11)17(4,5)6/h10,12H,7-9H2,1-6H3,(H,19,20)(H,21,22). The zero-order valence-electron chi connectivity index (χ0n) is 14.9. The first-order valence-corrected chi connectivity index (χ1v) is 8.73. The predicted molar refractivity (Wildman–Crippen MR) is 92.8 cm³/mol. The molecule has 1 unspecified atom stereocenters. The molecule has 1 aromatic heterocycles. The van der Waals surface area contributed by atoms with Crippen LogP contribution in [0.4, 0.5) is 0 Å². The van der Waals surface area contributed by atoms with Gasteiger partial charge in [-0.1, -0.05) is 41.5 Å². The fourth-order valence-corrected chi connectivity index (χ4v) is 2.88. The summed E-state index contributed by atoms with van der Waals surface area (Å²) < 4.78 is 0.